The minimum absolute atomic E-state index is 0.513. The minimum atomic E-state index is -2.69. The molecule has 0 saturated carbocycles. The standard InChI is InChI=1S/C11H17NO3/c1-11(2,3)15-10(14)7-8-4-5-12-9(13)6-8/h6H,4-5,7H2,1-3H3,(H,12,13)/i4D2,5D2,6D. The van der Waals surface area contributed by atoms with E-state index >= 15 is 0 Å². The SMILES string of the molecule is [2H]C1=C(CC(=O)OC(C)(C)C)C([2H])([2H])C([2H])([2H])NC1=O. The van der Waals surface area contributed by atoms with Gasteiger partial charge in [-0.25, -0.2) is 0 Å². The molecule has 0 aromatic heterocycles. The molecular weight excluding hydrogens is 194 g/mol. The first-order valence-corrected chi connectivity index (χ1v) is 4.52. The van der Waals surface area contributed by atoms with Gasteiger partial charge < -0.3 is 10.1 Å². The second kappa shape index (κ2) is 4.47. The van der Waals surface area contributed by atoms with Gasteiger partial charge in [0.15, 0.2) is 0 Å². The third-order valence-electron chi connectivity index (χ3n) is 1.39. The summed E-state index contributed by atoms with van der Waals surface area (Å²) in [5.41, 5.74) is -1.30. The first-order valence-electron chi connectivity index (χ1n) is 7.02. The van der Waals surface area contributed by atoms with E-state index < -0.39 is 48.4 Å². The van der Waals surface area contributed by atoms with Crippen molar-refractivity contribution in [2.45, 2.75) is 39.2 Å². The van der Waals surface area contributed by atoms with Crippen molar-refractivity contribution in [2.24, 2.45) is 0 Å². The average molecular weight is 216 g/mol. The third-order valence-corrected chi connectivity index (χ3v) is 1.39. The molecule has 0 aromatic rings. The Labute approximate surface area is 96.7 Å². The van der Waals surface area contributed by atoms with Crippen molar-refractivity contribution in [3.8, 4) is 0 Å². The molecule has 4 heteroatoms. The summed E-state index contributed by atoms with van der Waals surface area (Å²) in [6.07, 6.45) is -3.30. The van der Waals surface area contributed by atoms with Gasteiger partial charge in [0, 0.05) is 18.0 Å². The van der Waals surface area contributed by atoms with Crippen LogP contribution in [0.3, 0.4) is 0 Å². The van der Waals surface area contributed by atoms with Crippen LogP contribution < -0.4 is 5.32 Å². The quantitative estimate of drug-likeness (QED) is 0.705. The van der Waals surface area contributed by atoms with Crippen LogP contribution in [0.5, 0.6) is 0 Å². The molecule has 1 N–H and O–H groups in total. The fourth-order valence-electron chi connectivity index (χ4n) is 0.973. The van der Waals surface area contributed by atoms with Gasteiger partial charge in [-0.2, -0.15) is 0 Å². The van der Waals surface area contributed by atoms with E-state index in [1.54, 1.807) is 26.1 Å². The molecule has 1 heterocycles. The van der Waals surface area contributed by atoms with Crippen LogP contribution in [-0.2, 0) is 14.3 Å². The van der Waals surface area contributed by atoms with Crippen molar-refractivity contribution in [1.29, 1.82) is 0 Å². The highest BCUT2D eigenvalue weighted by Crippen LogP contribution is 2.14. The van der Waals surface area contributed by atoms with E-state index in [-0.39, 0.29) is 0 Å². The average Bonchev–Trinajstić information content (AvgIpc) is 2.19. The maximum absolute atomic E-state index is 11.7. The predicted molar refractivity (Wildman–Crippen MR) is 56.2 cm³/mol. The Morgan fingerprint density at radius 3 is 3.00 bits per heavy atom. The summed E-state index contributed by atoms with van der Waals surface area (Å²) in [7, 11) is 0. The summed E-state index contributed by atoms with van der Waals surface area (Å²) in [5.74, 6) is -1.87. The molecule has 0 saturated heterocycles. The molecule has 1 aliphatic rings. The Bertz CT molecular complexity index is 479. The summed E-state index contributed by atoms with van der Waals surface area (Å²) in [4.78, 5) is 23.2. The number of carbonyl (C=O) groups is 2. The lowest BCUT2D eigenvalue weighted by molar-refractivity contribution is -0.153. The van der Waals surface area contributed by atoms with Crippen molar-refractivity contribution in [3.05, 3.63) is 11.6 Å². The number of hydrogen-bond donors (Lipinski definition) is 1. The maximum atomic E-state index is 11.7. The fraction of sp³-hybridized carbons (Fsp3) is 0.636. The molecule has 4 nitrogen and oxygen atoms in total. The lowest BCUT2D eigenvalue weighted by Gasteiger charge is -2.20. The molecule has 84 valence electrons. The molecule has 0 aromatic carbocycles. The fourth-order valence-corrected chi connectivity index (χ4v) is 0.973. The highest BCUT2D eigenvalue weighted by molar-refractivity contribution is 5.90. The number of esters is 1. The summed E-state index contributed by atoms with van der Waals surface area (Å²) < 4.78 is 43.0. The Hall–Kier alpha value is -1.32. The van der Waals surface area contributed by atoms with Gasteiger partial charge in [0.25, 0.3) is 0 Å². The highest BCUT2D eigenvalue weighted by Gasteiger charge is 2.18. The molecule has 1 aliphatic heterocycles. The van der Waals surface area contributed by atoms with Crippen LogP contribution >= 0.6 is 0 Å². The summed E-state index contributed by atoms with van der Waals surface area (Å²) in [5, 5.41) is 1.77. The molecular formula is C11H17NO3. The molecule has 0 bridgehead atoms. The van der Waals surface area contributed by atoms with E-state index in [1.807, 2.05) is 0 Å². The van der Waals surface area contributed by atoms with E-state index in [9.17, 15) is 9.59 Å². The Morgan fingerprint density at radius 2 is 2.40 bits per heavy atom. The molecule has 0 spiro atoms. The molecule has 0 unspecified atom stereocenters. The van der Waals surface area contributed by atoms with Crippen LogP contribution in [-0.4, -0.2) is 24.0 Å². The van der Waals surface area contributed by atoms with Crippen molar-refractivity contribution in [1.82, 2.24) is 5.32 Å². The molecule has 15 heavy (non-hydrogen) atoms. The maximum Gasteiger partial charge on any atom is 0.310 e. The van der Waals surface area contributed by atoms with Gasteiger partial charge in [0.05, 0.1) is 7.79 Å². The Morgan fingerprint density at radius 1 is 1.73 bits per heavy atom. The zero-order valence-electron chi connectivity index (χ0n) is 13.9. The van der Waals surface area contributed by atoms with Crippen LogP contribution in [0.2, 0.25) is 0 Å². The number of ether oxygens (including phenoxy) is 1. The second-order valence-corrected chi connectivity index (χ2v) is 4.07. The minimum Gasteiger partial charge on any atom is -0.460 e. The molecule has 0 radical (unpaired) electrons. The van der Waals surface area contributed by atoms with Crippen molar-refractivity contribution in [3.63, 3.8) is 0 Å². The number of rotatable bonds is 2. The van der Waals surface area contributed by atoms with E-state index in [0.717, 1.165) is 0 Å². The van der Waals surface area contributed by atoms with Gasteiger partial charge in [-0.3, -0.25) is 9.59 Å². The monoisotopic (exact) mass is 216 g/mol. The first-order chi connectivity index (χ1) is 8.78. The van der Waals surface area contributed by atoms with Crippen LogP contribution in [0.25, 0.3) is 0 Å². The van der Waals surface area contributed by atoms with Crippen molar-refractivity contribution < 1.29 is 21.2 Å². The summed E-state index contributed by atoms with van der Waals surface area (Å²) in [6, 6.07) is -0.740. The molecule has 1 rings (SSSR count). The zero-order chi connectivity index (χ0) is 15.9. The van der Waals surface area contributed by atoms with Gasteiger partial charge >= 0.3 is 5.97 Å². The normalized spacial score (nSPS) is 29.0. The van der Waals surface area contributed by atoms with E-state index in [1.165, 1.54) is 0 Å². The van der Waals surface area contributed by atoms with Gasteiger partial charge in [-0.15, -0.1) is 0 Å². The van der Waals surface area contributed by atoms with Crippen LogP contribution in [0, 0.1) is 0 Å². The van der Waals surface area contributed by atoms with Gasteiger partial charge in [0.1, 0.15) is 5.60 Å². The zero-order valence-corrected chi connectivity index (χ0v) is 8.93. The summed E-state index contributed by atoms with van der Waals surface area (Å²) >= 11 is 0. The van der Waals surface area contributed by atoms with E-state index in [0.29, 0.717) is 0 Å². The summed E-state index contributed by atoms with van der Waals surface area (Å²) in [6.45, 7) is 2.19. The second-order valence-electron chi connectivity index (χ2n) is 4.07. The lowest BCUT2D eigenvalue weighted by atomic mass is 10.1. The number of amides is 1. The Kier molecular flexibility index (Phi) is 1.88. The van der Waals surface area contributed by atoms with Gasteiger partial charge in [0.2, 0.25) is 5.91 Å². The predicted octanol–water partition coefficient (Wildman–Crippen LogP) is 1.16. The van der Waals surface area contributed by atoms with Gasteiger partial charge in [-0.05, 0) is 27.1 Å². The van der Waals surface area contributed by atoms with E-state index in [2.05, 4.69) is 0 Å². The number of hydrogen-bond acceptors (Lipinski definition) is 3. The molecule has 0 fully saturated rings. The third kappa shape index (κ3) is 4.63. The smallest absolute Gasteiger partial charge is 0.310 e. The Balaban J connectivity index is 3.10. The topological polar surface area (TPSA) is 55.4 Å². The number of nitrogens with one attached hydrogen (secondary N) is 1. The molecule has 0 aliphatic carbocycles. The van der Waals surface area contributed by atoms with Crippen molar-refractivity contribution >= 4 is 11.9 Å². The highest BCUT2D eigenvalue weighted by atomic mass is 16.6. The van der Waals surface area contributed by atoms with Crippen molar-refractivity contribution in [2.75, 3.05) is 6.50 Å². The first kappa shape index (κ1) is 6.30. The molecule has 0 atom stereocenters. The molecule has 1 amide bonds. The lowest BCUT2D eigenvalue weighted by Crippen LogP contribution is -2.29. The van der Waals surface area contributed by atoms with Crippen LogP contribution in [0.15, 0.2) is 11.6 Å². The van der Waals surface area contributed by atoms with Crippen LogP contribution in [0.1, 0.15) is 40.4 Å². The number of carbonyl (C=O) groups excluding carboxylic acids is 2. The largest absolute Gasteiger partial charge is 0.460 e. The van der Waals surface area contributed by atoms with Gasteiger partial charge in [-0.1, -0.05) is 5.57 Å². The van der Waals surface area contributed by atoms with Crippen LogP contribution in [0.4, 0.5) is 0 Å². The van der Waals surface area contributed by atoms with E-state index in [4.69, 9.17) is 11.6 Å².